The maximum atomic E-state index is 12.8. The van der Waals surface area contributed by atoms with Crippen LogP contribution in [0.4, 0.5) is 5.69 Å². The van der Waals surface area contributed by atoms with Gasteiger partial charge in [0.15, 0.2) is 0 Å². The Balaban J connectivity index is 3.12. The lowest BCUT2D eigenvalue weighted by Gasteiger charge is -2.24. The van der Waals surface area contributed by atoms with Gasteiger partial charge < -0.3 is 10.6 Å². The van der Waals surface area contributed by atoms with E-state index >= 15 is 0 Å². The Morgan fingerprint density at radius 3 is 2.35 bits per heavy atom. The van der Waals surface area contributed by atoms with Crippen molar-refractivity contribution in [3.05, 3.63) is 23.8 Å². The number of benzene rings is 1. The van der Waals surface area contributed by atoms with Crippen molar-refractivity contribution in [1.82, 2.24) is 9.21 Å². The van der Waals surface area contributed by atoms with E-state index in [1.165, 1.54) is 4.31 Å². The zero-order chi connectivity index (χ0) is 15.3. The van der Waals surface area contributed by atoms with Crippen LogP contribution in [0.15, 0.2) is 23.1 Å². The number of rotatable bonds is 7. The Morgan fingerprint density at radius 2 is 1.80 bits per heavy atom. The van der Waals surface area contributed by atoms with Crippen molar-refractivity contribution < 1.29 is 8.42 Å². The van der Waals surface area contributed by atoms with Crippen molar-refractivity contribution in [2.75, 3.05) is 39.5 Å². The van der Waals surface area contributed by atoms with Gasteiger partial charge in [-0.3, -0.25) is 0 Å². The Hall–Kier alpha value is -1.11. The van der Waals surface area contributed by atoms with E-state index < -0.39 is 10.0 Å². The Bertz CT molecular complexity index is 541. The van der Waals surface area contributed by atoms with Gasteiger partial charge in [0.05, 0.1) is 4.90 Å². The molecule has 1 aromatic rings. The first-order valence-electron chi connectivity index (χ1n) is 6.80. The van der Waals surface area contributed by atoms with Gasteiger partial charge in [-0.1, -0.05) is 13.0 Å². The first-order chi connectivity index (χ1) is 9.30. The third kappa shape index (κ3) is 3.94. The van der Waals surface area contributed by atoms with Crippen LogP contribution in [0.5, 0.6) is 0 Å². The molecule has 114 valence electrons. The summed E-state index contributed by atoms with van der Waals surface area (Å²) in [5, 5.41) is 0. The molecule has 0 heterocycles. The first kappa shape index (κ1) is 16.9. The minimum atomic E-state index is -3.49. The van der Waals surface area contributed by atoms with Crippen LogP contribution in [-0.2, 0) is 10.0 Å². The molecule has 0 amide bonds. The third-order valence-corrected chi connectivity index (χ3v) is 5.26. The van der Waals surface area contributed by atoms with E-state index in [0.717, 1.165) is 6.42 Å². The molecule has 0 aliphatic rings. The summed E-state index contributed by atoms with van der Waals surface area (Å²) in [5.74, 6) is 0. The molecule has 0 saturated heterocycles. The molecule has 0 atom stereocenters. The van der Waals surface area contributed by atoms with Gasteiger partial charge in [-0.05, 0) is 45.1 Å². The molecule has 6 heteroatoms. The third-order valence-electron chi connectivity index (χ3n) is 3.21. The van der Waals surface area contributed by atoms with Crippen molar-refractivity contribution in [1.29, 1.82) is 0 Å². The van der Waals surface area contributed by atoms with E-state index in [2.05, 4.69) is 0 Å². The van der Waals surface area contributed by atoms with Gasteiger partial charge in [-0.2, -0.15) is 4.31 Å². The second-order valence-electron chi connectivity index (χ2n) is 5.18. The van der Waals surface area contributed by atoms with Gasteiger partial charge >= 0.3 is 0 Å². The van der Waals surface area contributed by atoms with E-state index in [-0.39, 0.29) is 0 Å². The minimum absolute atomic E-state index is 0.310. The second-order valence-corrected chi connectivity index (χ2v) is 7.08. The summed E-state index contributed by atoms with van der Waals surface area (Å²) >= 11 is 0. The summed E-state index contributed by atoms with van der Waals surface area (Å²) in [6.07, 6.45) is 0.786. The fourth-order valence-corrected chi connectivity index (χ4v) is 3.74. The molecule has 0 aliphatic carbocycles. The zero-order valence-corrected chi connectivity index (χ0v) is 13.6. The highest BCUT2D eigenvalue weighted by Gasteiger charge is 2.25. The molecule has 0 fully saturated rings. The molecule has 1 aromatic carbocycles. The molecule has 0 unspecified atom stereocenters. The lowest BCUT2D eigenvalue weighted by atomic mass is 10.2. The van der Waals surface area contributed by atoms with Gasteiger partial charge in [-0.25, -0.2) is 8.42 Å². The number of nitrogen functional groups attached to an aromatic ring is 1. The minimum Gasteiger partial charge on any atom is -0.398 e. The van der Waals surface area contributed by atoms with Crippen LogP contribution < -0.4 is 5.73 Å². The van der Waals surface area contributed by atoms with Gasteiger partial charge in [0.2, 0.25) is 10.0 Å². The molecule has 20 heavy (non-hydrogen) atoms. The van der Waals surface area contributed by atoms with Crippen LogP contribution in [0.25, 0.3) is 0 Å². The fourth-order valence-electron chi connectivity index (χ4n) is 1.96. The van der Waals surface area contributed by atoms with Crippen molar-refractivity contribution >= 4 is 15.7 Å². The monoisotopic (exact) mass is 299 g/mol. The highest BCUT2D eigenvalue weighted by atomic mass is 32.2. The van der Waals surface area contributed by atoms with Crippen LogP contribution in [0, 0.1) is 6.92 Å². The smallest absolute Gasteiger partial charge is 0.243 e. The van der Waals surface area contributed by atoms with Crippen LogP contribution >= 0.6 is 0 Å². The number of nitrogens with two attached hydrogens (primary N) is 1. The lowest BCUT2D eigenvalue weighted by Crippen LogP contribution is -2.37. The summed E-state index contributed by atoms with van der Waals surface area (Å²) in [6.45, 7) is 5.42. The molecule has 0 bridgehead atoms. The van der Waals surface area contributed by atoms with Crippen molar-refractivity contribution in [2.45, 2.75) is 25.2 Å². The predicted octanol–water partition coefficient (Wildman–Crippen LogP) is 1.54. The second kappa shape index (κ2) is 7.06. The Labute approximate surface area is 122 Å². The quantitative estimate of drug-likeness (QED) is 0.776. The molecule has 2 N–H and O–H groups in total. The number of anilines is 1. The normalized spacial score (nSPS) is 12.3. The molecule has 1 rings (SSSR count). The topological polar surface area (TPSA) is 66.6 Å². The largest absolute Gasteiger partial charge is 0.398 e. The van der Waals surface area contributed by atoms with Crippen LogP contribution in [0.1, 0.15) is 18.9 Å². The average Bonchev–Trinajstić information content (AvgIpc) is 2.37. The Morgan fingerprint density at radius 1 is 1.15 bits per heavy atom. The van der Waals surface area contributed by atoms with E-state index in [1.807, 2.05) is 25.9 Å². The Kier molecular flexibility index (Phi) is 5.98. The molecule has 0 radical (unpaired) electrons. The lowest BCUT2D eigenvalue weighted by molar-refractivity contribution is 0.333. The number of hydrogen-bond donors (Lipinski definition) is 1. The van der Waals surface area contributed by atoms with Gasteiger partial charge in [-0.15, -0.1) is 0 Å². The summed E-state index contributed by atoms with van der Waals surface area (Å²) < 4.78 is 27.1. The molecule has 0 aromatic heterocycles. The molecule has 5 nitrogen and oxygen atoms in total. The van der Waals surface area contributed by atoms with Crippen molar-refractivity contribution in [3.63, 3.8) is 0 Å². The molecule has 0 aliphatic heterocycles. The SMILES string of the molecule is CCCN(CCN(C)C)S(=O)(=O)c1cccc(N)c1C. The van der Waals surface area contributed by atoms with E-state index in [9.17, 15) is 8.42 Å². The van der Waals surface area contributed by atoms with Crippen LogP contribution in [-0.4, -0.2) is 51.4 Å². The first-order valence-corrected chi connectivity index (χ1v) is 8.24. The van der Waals surface area contributed by atoms with Crippen LogP contribution in [0.2, 0.25) is 0 Å². The number of nitrogens with zero attached hydrogens (tertiary/aromatic N) is 2. The summed E-state index contributed by atoms with van der Waals surface area (Å²) in [6, 6.07) is 5.03. The average molecular weight is 299 g/mol. The van der Waals surface area contributed by atoms with Gasteiger partial charge in [0.25, 0.3) is 0 Å². The molecule has 0 saturated carbocycles. The number of likely N-dealkylation sites (N-methyl/N-ethyl adjacent to an activating group) is 1. The highest BCUT2D eigenvalue weighted by Crippen LogP contribution is 2.24. The van der Waals surface area contributed by atoms with Crippen molar-refractivity contribution in [2.24, 2.45) is 0 Å². The molecular formula is C14H25N3O2S. The zero-order valence-electron chi connectivity index (χ0n) is 12.8. The maximum absolute atomic E-state index is 12.8. The number of sulfonamides is 1. The van der Waals surface area contributed by atoms with Gasteiger partial charge in [0.1, 0.15) is 0 Å². The van der Waals surface area contributed by atoms with Crippen molar-refractivity contribution in [3.8, 4) is 0 Å². The standard InChI is InChI=1S/C14H25N3O2S/c1-5-9-17(11-10-16(3)4)20(18,19)14-8-6-7-13(15)12(14)2/h6-8H,5,9-11,15H2,1-4H3. The summed E-state index contributed by atoms with van der Waals surface area (Å²) in [5.41, 5.74) is 6.96. The molecular weight excluding hydrogens is 274 g/mol. The fraction of sp³-hybridized carbons (Fsp3) is 0.571. The highest BCUT2D eigenvalue weighted by molar-refractivity contribution is 7.89. The van der Waals surface area contributed by atoms with E-state index in [4.69, 9.17) is 5.73 Å². The summed E-state index contributed by atoms with van der Waals surface area (Å²) in [4.78, 5) is 2.29. The van der Waals surface area contributed by atoms with E-state index in [0.29, 0.717) is 35.8 Å². The van der Waals surface area contributed by atoms with E-state index in [1.54, 1.807) is 25.1 Å². The summed E-state index contributed by atoms with van der Waals surface area (Å²) in [7, 11) is 0.381. The molecule has 0 spiro atoms. The van der Waals surface area contributed by atoms with Gasteiger partial charge in [0, 0.05) is 25.3 Å². The van der Waals surface area contributed by atoms with Crippen LogP contribution in [0.3, 0.4) is 0 Å². The number of hydrogen-bond acceptors (Lipinski definition) is 4. The maximum Gasteiger partial charge on any atom is 0.243 e. The predicted molar refractivity (Wildman–Crippen MR) is 83.2 cm³/mol.